The van der Waals surface area contributed by atoms with E-state index in [1.807, 2.05) is 0 Å². The summed E-state index contributed by atoms with van der Waals surface area (Å²) in [5.74, 6) is 0.384. The molecule has 44 valence electrons. The first-order chi connectivity index (χ1) is 4.20. The molecule has 0 unspecified atom stereocenters. The van der Waals surface area contributed by atoms with Gasteiger partial charge in [-0.3, -0.25) is 0 Å². The van der Waals surface area contributed by atoms with Gasteiger partial charge in [-0.25, -0.2) is 4.98 Å². The first kappa shape index (κ1) is 6.43. The maximum Gasteiger partial charge on any atom is 0.124 e. The molecular weight excluding hydrogens is 134 g/mol. The Hall–Kier alpha value is -0.695. The molecule has 9 heavy (non-hydrogen) atoms. The van der Waals surface area contributed by atoms with Crippen molar-refractivity contribution in [1.82, 2.24) is 4.98 Å². The summed E-state index contributed by atoms with van der Waals surface area (Å²) in [7, 11) is 5.34. The lowest BCUT2D eigenvalue weighted by atomic mass is 9.99. The van der Waals surface area contributed by atoms with Gasteiger partial charge in [-0.15, -0.1) is 0 Å². The number of hydrogen-bond acceptors (Lipinski definition) is 2. The van der Waals surface area contributed by atoms with Crippen molar-refractivity contribution in [1.29, 1.82) is 0 Å². The number of pyridine rings is 1. The Balaban J connectivity index is 3.17. The molecule has 0 amide bonds. The summed E-state index contributed by atoms with van der Waals surface area (Å²) >= 11 is 5.57. The van der Waals surface area contributed by atoms with Gasteiger partial charge < -0.3 is 5.73 Å². The van der Waals surface area contributed by atoms with Gasteiger partial charge >= 0.3 is 0 Å². The summed E-state index contributed by atoms with van der Waals surface area (Å²) in [5, 5.41) is 0.447. The summed E-state index contributed by atoms with van der Waals surface area (Å²) in [4.78, 5) is 3.71. The molecule has 1 rings (SSSR count). The van der Waals surface area contributed by atoms with Gasteiger partial charge in [0.05, 0.1) is 0 Å². The maximum atomic E-state index is 5.57. The topological polar surface area (TPSA) is 38.9 Å². The second kappa shape index (κ2) is 2.27. The highest BCUT2D eigenvalue weighted by Crippen LogP contribution is 2.04. The van der Waals surface area contributed by atoms with Gasteiger partial charge in [-0.2, -0.15) is 0 Å². The van der Waals surface area contributed by atoms with Gasteiger partial charge in [0.2, 0.25) is 0 Å². The zero-order chi connectivity index (χ0) is 6.85. The molecule has 0 aromatic carbocycles. The van der Waals surface area contributed by atoms with Crippen LogP contribution in [0.5, 0.6) is 0 Å². The van der Waals surface area contributed by atoms with Gasteiger partial charge in [0.25, 0.3) is 0 Å². The van der Waals surface area contributed by atoms with E-state index in [0.29, 0.717) is 16.3 Å². The molecule has 0 saturated carbocycles. The van der Waals surface area contributed by atoms with Gasteiger partial charge in [0.15, 0.2) is 0 Å². The van der Waals surface area contributed by atoms with Crippen LogP contribution < -0.4 is 11.2 Å². The van der Waals surface area contributed by atoms with Crippen LogP contribution in [0.25, 0.3) is 0 Å². The number of hydrogen-bond donors (Lipinski definition) is 1. The molecule has 2 radical (unpaired) electrons. The highest BCUT2D eigenvalue weighted by Gasteiger charge is 1.92. The number of rotatable bonds is 0. The molecular formula is C5H4BClN2. The minimum atomic E-state index is 0.384. The van der Waals surface area contributed by atoms with Crippen LogP contribution in [0.4, 0.5) is 5.82 Å². The third-order valence-electron chi connectivity index (χ3n) is 0.903. The number of halogens is 1. The molecule has 1 aromatic rings. The molecule has 0 fully saturated rings. The van der Waals surface area contributed by atoms with Crippen molar-refractivity contribution in [2.45, 2.75) is 0 Å². The molecule has 0 aliphatic heterocycles. The highest BCUT2D eigenvalue weighted by molar-refractivity contribution is 6.44. The molecule has 4 heteroatoms. The fraction of sp³-hybridized carbons (Fsp3) is 0. The Kier molecular flexibility index (Phi) is 1.62. The van der Waals surface area contributed by atoms with E-state index < -0.39 is 0 Å². The lowest BCUT2D eigenvalue weighted by molar-refractivity contribution is 1.36. The van der Waals surface area contributed by atoms with Crippen molar-refractivity contribution in [3.05, 3.63) is 17.3 Å². The van der Waals surface area contributed by atoms with Crippen molar-refractivity contribution in [3.8, 4) is 0 Å². The molecule has 2 N–H and O–H groups in total. The Morgan fingerprint density at radius 3 is 2.78 bits per heavy atom. The first-order valence-electron chi connectivity index (χ1n) is 2.36. The summed E-state index contributed by atoms with van der Waals surface area (Å²) < 4.78 is 0. The summed E-state index contributed by atoms with van der Waals surface area (Å²) in [6.45, 7) is 0. The molecule has 1 aromatic heterocycles. The quantitative estimate of drug-likeness (QED) is 0.517. The second-order valence-corrected chi connectivity index (χ2v) is 2.04. The van der Waals surface area contributed by atoms with Gasteiger partial charge in [-0.1, -0.05) is 17.1 Å². The van der Waals surface area contributed by atoms with E-state index in [9.17, 15) is 0 Å². The Bertz CT molecular complexity index is 226. The van der Waals surface area contributed by atoms with Crippen LogP contribution >= 0.6 is 11.6 Å². The zero-order valence-electron chi connectivity index (χ0n) is 4.63. The van der Waals surface area contributed by atoms with E-state index >= 15 is 0 Å². The monoisotopic (exact) mass is 138 g/mol. The van der Waals surface area contributed by atoms with E-state index in [0.717, 1.165) is 0 Å². The zero-order valence-corrected chi connectivity index (χ0v) is 5.39. The minimum absolute atomic E-state index is 0.384. The maximum absolute atomic E-state index is 5.57. The van der Waals surface area contributed by atoms with E-state index in [4.69, 9.17) is 25.2 Å². The predicted molar refractivity (Wildman–Crippen MR) is 39.0 cm³/mol. The third-order valence-corrected chi connectivity index (χ3v) is 1.23. The molecule has 0 spiro atoms. The third kappa shape index (κ3) is 1.36. The number of aromatic nitrogens is 1. The number of nitrogens with zero attached hydrogens (tertiary/aromatic N) is 1. The standard InChI is InChI=1S/C5H4BClN2/c6-3-2-9-5(8)1-4(3)7/h1-2H,(H2,8,9). The summed E-state index contributed by atoms with van der Waals surface area (Å²) in [5.41, 5.74) is 5.73. The van der Waals surface area contributed by atoms with E-state index in [1.54, 1.807) is 0 Å². The normalized spacial score (nSPS) is 9.44. The highest BCUT2D eigenvalue weighted by atomic mass is 35.5. The summed E-state index contributed by atoms with van der Waals surface area (Å²) in [6, 6.07) is 1.51. The summed E-state index contributed by atoms with van der Waals surface area (Å²) in [6.07, 6.45) is 1.43. The molecule has 2 nitrogen and oxygen atoms in total. The minimum Gasteiger partial charge on any atom is -0.384 e. The van der Waals surface area contributed by atoms with Gasteiger partial charge in [0, 0.05) is 11.2 Å². The van der Waals surface area contributed by atoms with Crippen LogP contribution in [-0.4, -0.2) is 12.8 Å². The Labute approximate surface area is 59.4 Å². The van der Waals surface area contributed by atoms with Crippen molar-refractivity contribution in [3.63, 3.8) is 0 Å². The second-order valence-electron chi connectivity index (χ2n) is 1.63. The van der Waals surface area contributed by atoms with Crippen LogP contribution in [0.2, 0.25) is 5.02 Å². The van der Waals surface area contributed by atoms with Crippen LogP contribution in [0.1, 0.15) is 0 Å². The van der Waals surface area contributed by atoms with Gasteiger partial charge in [-0.05, 0) is 6.07 Å². The van der Waals surface area contributed by atoms with E-state index in [1.165, 1.54) is 12.3 Å². The average molecular weight is 138 g/mol. The molecule has 1 heterocycles. The molecule has 0 saturated heterocycles. The predicted octanol–water partition coefficient (Wildman–Crippen LogP) is 0.111. The van der Waals surface area contributed by atoms with Crippen molar-refractivity contribution < 1.29 is 0 Å². The lowest BCUT2D eigenvalue weighted by Gasteiger charge is -1.95. The van der Waals surface area contributed by atoms with E-state index in [2.05, 4.69) is 4.98 Å². The number of nitrogens with two attached hydrogens (primary N) is 1. The first-order valence-corrected chi connectivity index (χ1v) is 2.74. The van der Waals surface area contributed by atoms with Crippen LogP contribution in [0, 0.1) is 0 Å². The average Bonchev–Trinajstić information content (AvgIpc) is 1.80. The van der Waals surface area contributed by atoms with Gasteiger partial charge in [0.1, 0.15) is 13.7 Å². The fourth-order valence-electron chi connectivity index (χ4n) is 0.456. The smallest absolute Gasteiger partial charge is 0.124 e. The van der Waals surface area contributed by atoms with E-state index in [-0.39, 0.29) is 0 Å². The SMILES string of the molecule is [B]c1cnc(N)cc1Cl. The molecule has 0 atom stereocenters. The fourth-order valence-corrected chi connectivity index (χ4v) is 0.617. The van der Waals surface area contributed by atoms with Crippen LogP contribution in [0.15, 0.2) is 12.3 Å². The molecule has 0 aliphatic carbocycles. The lowest BCUT2D eigenvalue weighted by Crippen LogP contribution is -2.06. The van der Waals surface area contributed by atoms with Crippen LogP contribution in [-0.2, 0) is 0 Å². The van der Waals surface area contributed by atoms with Crippen molar-refractivity contribution in [2.75, 3.05) is 5.73 Å². The number of nitrogen functional groups attached to an aromatic ring is 1. The largest absolute Gasteiger partial charge is 0.384 e. The Morgan fingerprint density at radius 2 is 2.33 bits per heavy atom. The van der Waals surface area contributed by atoms with Crippen molar-refractivity contribution in [2.24, 2.45) is 0 Å². The van der Waals surface area contributed by atoms with Crippen molar-refractivity contribution >= 4 is 30.7 Å². The number of anilines is 1. The Morgan fingerprint density at radius 1 is 1.67 bits per heavy atom. The molecule has 0 aliphatic rings. The molecule has 0 bridgehead atoms. The van der Waals surface area contributed by atoms with Crippen LogP contribution in [0.3, 0.4) is 0 Å².